The number of hydrogen-bond acceptors (Lipinski definition) is 3. The second kappa shape index (κ2) is 4.57. The summed E-state index contributed by atoms with van der Waals surface area (Å²) in [7, 11) is 0. The summed E-state index contributed by atoms with van der Waals surface area (Å²) in [5.74, 6) is -0.999. The van der Waals surface area contributed by atoms with Gasteiger partial charge < -0.3 is 9.64 Å². The van der Waals surface area contributed by atoms with Crippen molar-refractivity contribution in [2.75, 3.05) is 11.4 Å². The third-order valence-electron chi connectivity index (χ3n) is 3.88. The number of rotatable bonds is 2. The van der Waals surface area contributed by atoms with Crippen LogP contribution in [0.3, 0.4) is 0 Å². The highest BCUT2D eigenvalue weighted by molar-refractivity contribution is 6.54. The smallest absolute Gasteiger partial charge is 0.299 e. The highest BCUT2D eigenvalue weighted by atomic mass is 35.5. The lowest BCUT2D eigenvalue weighted by atomic mass is 10.1. The number of amides is 1. The first kappa shape index (κ1) is 13.6. The summed E-state index contributed by atoms with van der Waals surface area (Å²) in [6.45, 7) is 4.44. The van der Waals surface area contributed by atoms with Crippen LogP contribution >= 0.6 is 11.6 Å². The maximum atomic E-state index is 12.1. The zero-order valence-corrected chi connectivity index (χ0v) is 12.2. The van der Waals surface area contributed by atoms with Gasteiger partial charge in [-0.25, -0.2) is 0 Å². The molecule has 5 heteroatoms. The molecular weight excluding hydrogens is 278 g/mol. The number of nitrogens with zero attached hydrogens (tertiary/aromatic N) is 1. The highest BCUT2D eigenvalue weighted by Crippen LogP contribution is 2.37. The molecule has 1 amide bonds. The standard InChI is InChI=1S/C15H16ClNO3/c1-15(2)7-6-9(20-15)8-17-12-10(13(18)14(17)19)4-3-5-11(12)16/h3-5,9H,6-8H2,1-2H3. The molecular formula is C15H16ClNO3. The number of para-hydroxylation sites is 1. The molecule has 0 aromatic heterocycles. The first-order valence-electron chi connectivity index (χ1n) is 6.71. The number of anilines is 1. The van der Waals surface area contributed by atoms with Crippen molar-refractivity contribution in [3.8, 4) is 0 Å². The summed E-state index contributed by atoms with van der Waals surface area (Å²) in [5, 5.41) is 0.430. The van der Waals surface area contributed by atoms with Gasteiger partial charge in [-0.05, 0) is 38.8 Å². The van der Waals surface area contributed by atoms with Gasteiger partial charge >= 0.3 is 0 Å². The lowest BCUT2D eigenvalue weighted by molar-refractivity contribution is -0.114. The predicted octanol–water partition coefficient (Wildman–Crippen LogP) is 2.83. The van der Waals surface area contributed by atoms with Gasteiger partial charge in [-0.3, -0.25) is 9.59 Å². The number of benzene rings is 1. The third-order valence-corrected chi connectivity index (χ3v) is 4.19. The molecule has 1 fully saturated rings. The molecule has 0 aliphatic carbocycles. The van der Waals surface area contributed by atoms with Crippen molar-refractivity contribution in [2.24, 2.45) is 0 Å². The average molecular weight is 294 g/mol. The van der Waals surface area contributed by atoms with E-state index in [1.165, 1.54) is 4.90 Å². The van der Waals surface area contributed by atoms with E-state index in [2.05, 4.69) is 0 Å². The number of halogens is 1. The number of carbonyl (C=O) groups excluding carboxylic acids is 2. The zero-order chi connectivity index (χ0) is 14.5. The van der Waals surface area contributed by atoms with Crippen molar-refractivity contribution in [2.45, 2.75) is 38.4 Å². The summed E-state index contributed by atoms with van der Waals surface area (Å²) in [5.41, 5.74) is 0.748. The minimum absolute atomic E-state index is 0.0519. The van der Waals surface area contributed by atoms with E-state index in [9.17, 15) is 9.59 Å². The van der Waals surface area contributed by atoms with Gasteiger partial charge in [0.05, 0.1) is 34.5 Å². The quantitative estimate of drug-likeness (QED) is 0.788. The first-order chi connectivity index (χ1) is 9.39. The highest BCUT2D eigenvalue weighted by Gasteiger charge is 2.41. The van der Waals surface area contributed by atoms with Crippen LogP contribution in [-0.2, 0) is 9.53 Å². The van der Waals surface area contributed by atoms with Crippen LogP contribution in [0.1, 0.15) is 37.0 Å². The van der Waals surface area contributed by atoms with Crippen LogP contribution in [0.4, 0.5) is 5.69 Å². The summed E-state index contributed by atoms with van der Waals surface area (Å²) in [6, 6.07) is 5.02. The first-order valence-corrected chi connectivity index (χ1v) is 7.09. The topological polar surface area (TPSA) is 46.6 Å². The molecule has 2 heterocycles. The van der Waals surface area contributed by atoms with Crippen molar-refractivity contribution in [1.82, 2.24) is 0 Å². The molecule has 20 heavy (non-hydrogen) atoms. The molecule has 4 nitrogen and oxygen atoms in total. The van der Waals surface area contributed by atoms with E-state index in [1.54, 1.807) is 18.2 Å². The molecule has 3 rings (SSSR count). The molecule has 1 unspecified atom stereocenters. The van der Waals surface area contributed by atoms with Crippen LogP contribution in [0.25, 0.3) is 0 Å². The van der Waals surface area contributed by atoms with Crippen LogP contribution in [0.5, 0.6) is 0 Å². The lowest BCUT2D eigenvalue weighted by Crippen LogP contribution is -2.37. The van der Waals surface area contributed by atoms with Crippen LogP contribution in [0, 0.1) is 0 Å². The predicted molar refractivity (Wildman–Crippen MR) is 76.3 cm³/mol. The molecule has 1 aromatic carbocycles. The lowest BCUT2D eigenvalue weighted by Gasteiger charge is -2.24. The molecule has 0 bridgehead atoms. The SMILES string of the molecule is CC1(C)CCC(CN2C(=O)C(=O)c3cccc(Cl)c32)O1. The van der Waals surface area contributed by atoms with E-state index in [-0.39, 0.29) is 11.7 Å². The van der Waals surface area contributed by atoms with Crippen LogP contribution in [-0.4, -0.2) is 29.9 Å². The molecule has 106 valence electrons. The molecule has 0 N–H and O–H groups in total. The molecule has 1 saturated heterocycles. The second-order valence-corrected chi connectivity index (χ2v) is 6.33. The molecule has 2 aliphatic heterocycles. The molecule has 1 atom stereocenters. The van der Waals surface area contributed by atoms with Crippen molar-refractivity contribution in [1.29, 1.82) is 0 Å². The second-order valence-electron chi connectivity index (χ2n) is 5.92. The molecule has 0 radical (unpaired) electrons. The van der Waals surface area contributed by atoms with Crippen LogP contribution in [0.15, 0.2) is 18.2 Å². The van der Waals surface area contributed by atoms with E-state index in [4.69, 9.17) is 16.3 Å². The number of hydrogen-bond donors (Lipinski definition) is 0. The summed E-state index contributed by atoms with van der Waals surface area (Å²) in [6.07, 6.45) is 1.78. The average Bonchev–Trinajstić information content (AvgIpc) is 2.84. The van der Waals surface area contributed by atoms with Gasteiger partial charge in [0.15, 0.2) is 0 Å². The van der Waals surface area contributed by atoms with Crippen molar-refractivity contribution < 1.29 is 14.3 Å². The Balaban J connectivity index is 1.88. The summed E-state index contributed by atoms with van der Waals surface area (Å²) in [4.78, 5) is 25.6. The minimum Gasteiger partial charge on any atom is -0.370 e. The Morgan fingerprint density at radius 1 is 1.40 bits per heavy atom. The van der Waals surface area contributed by atoms with Crippen LogP contribution < -0.4 is 4.90 Å². The van der Waals surface area contributed by atoms with E-state index < -0.39 is 11.7 Å². The Bertz CT molecular complexity index is 597. The number of ether oxygens (including phenoxy) is 1. The van der Waals surface area contributed by atoms with Crippen molar-refractivity contribution in [3.63, 3.8) is 0 Å². The summed E-state index contributed by atoms with van der Waals surface area (Å²) >= 11 is 6.15. The Morgan fingerprint density at radius 2 is 2.15 bits per heavy atom. The molecule has 2 aliphatic rings. The van der Waals surface area contributed by atoms with E-state index in [0.29, 0.717) is 22.8 Å². The Hall–Kier alpha value is -1.39. The number of carbonyl (C=O) groups is 2. The van der Waals surface area contributed by atoms with E-state index in [1.807, 2.05) is 13.8 Å². The largest absolute Gasteiger partial charge is 0.370 e. The van der Waals surface area contributed by atoms with Gasteiger partial charge in [-0.15, -0.1) is 0 Å². The maximum absolute atomic E-state index is 12.1. The molecule has 0 saturated carbocycles. The number of Topliss-reactive ketones (excluding diaryl/α,β-unsaturated/α-hetero) is 1. The fourth-order valence-electron chi connectivity index (χ4n) is 2.90. The Kier molecular flexibility index (Phi) is 3.10. The number of fused-ring (bicyclic) bond motifs is 1. The van der Waals surface area contributed by atoms with Gasteiger partial charge in [0.2, 0.25) is 0 Å². The maximum Gasteiger partial charge on any atom is 0.299 e. The summed E-state index contributed by atoms with van der Waals surface area (Å²) < 4.78 is 5.90. The Labute approximate surface area is 122 Å². The van der Waals surface area contributed by atoms with Crippen LogP contribution in [0.2, 0.25) is 5.02 Å². The van der Waals surface area contributed by atoms with Gasteiger partial charge in [0.1, 0.15) is 0 Å². The zero-order valence-electron chi connectivity index (χ0n) is 11.5. The monoisotopic (exact) mass is 293 g/mol. The van der Waals surface area contributed by atoms with Gasteiger partial charge in [-0.1, -0.05) is 17.7 Å². The number of ketones is 1. The third kappa shape index (κ3) is 2.13. The van der Waals surface area contributed by atoms with Crippen molar-refractivity contribution in [3.05, 3.63) is 28.8 Å². The van der Waals surface area contributed by atoms with Gasteiger partial charge in [0, 0.05) is 0 Å². The fraction of sp³-hybridized carbons (Fsp3) is 0.467. The molecule has 0 spiro atoms. The van der Waals surface area contributed by atoms with E-state index in [0.717, 1.165) is 12.8 Å². The fourth-order valence-corrected chi connectivity index (χ4v) is 3.17. The van der Waals surface area contributed by atoms with Gasteiger partial charge in [0.25, 0.3) is 11.7 Å². The van der Waals surface area contributed by atoms with Crippen molar-refractivity contribution >= 4 is 29.0 Å². The van der Waals surface area contributed by atoms with E-state index >= 15 is 0 Å². The van der Waals surface area contributed by atoms with Gasteiger partial charge in [-0.2, -0.15) is 0 Å². The molecule has 1 aromatic rings. The minimum atomic E-state index is -0.513. The Morgan fingerprint density at radius 3 is 2.80 bits per heavy atom. The normalized spacial score (nSPS) is 24.4.